The molecule has 2 N–H and O–H groups in total. The van der Waals surface area contributed by atoms with Crippen molar-refractivity contribution >= 4 is 10.9 Å². The number of quaternary nitrogens is 1. The van der Waals surface area contributed by atoms with Gasteiger partial charge in [0.1, 0.15) is 6.54 Å². The fourth-order valence-electron chi connectivity index (χ4n) is 2.68. The highest BCUT2D eigenvalue weighted by Crippen LogP contribution is 2.05. The summed E-state index contributed by atoms with van der Waals surface area (Å²) < 4.78 is 0. The van der Waals surface area contributed by atoms with Crippen LogP contribution in [0.25, 0.3) is 10.9 Å². The highest BCUT2D eigenvalue weighted by atomic mass is 16.1. The van der Waals surface area contributed by atoms with Crippen molar-refractivity contribution in [3.63, 3.8) is 0 Å². The minimum absolute atomic E-state index is 0.0213. The second-order valence-electron chi connectivity index (χ2n) is 5.02. The Morgan fingerprint density at radius 3 is 2.78 bits per heavy atom. The molecule has 0 unspecified atom stereocenters. The summed E-state index contributed by atoms with van der Waals surface area (Å²) in [5.74, 6) is 0.815. The molecule has 1 aliphatic rings. The van der Waals surface area contributed by atoms with Crippen molar-refractivity contribution in [1.82, 2.24) is 9.97 Å². The number of fused-ring (bicyclic) bond motifs is 1. The van der Waals surface area contributed by atoms with Gasteiger partial charge in [0.25, 0.3) is 5.56 Å². The largest absolute Gasteiger partial charge is 0.329 e. The number of piperidine rings is 1. The SMILES string of the molecule is O=c1[nH]c(C[NH+]2CCCCC2)nc2ccccc12. The lowest BCUT2D eigenvalue weighted by molar-refractivity contribution is -0.919. The molecule has 0 radical (unpaired) electrons. The maximum absolute atomic E-state index is 11.9. The molecule has 4 heteroatoms. The van der Waals surface area contributed by atoms with E-state index in [1.807, 2.05) is 24.3 Å². The van der Waals surface area contributed by atoms with E-state index in [0.717, 1.165) is 17.9 Å². The smallest absolute Gasteiger partial charge is 0.258 e. The zero-order valence-corrected chi connectivity index (χ0v) is 10.4. The van der Waals surface area contributed by atoms with Gasteiger partial charge in [-0.2, -0.15) is 0 Å². The average molecular weight is 244 g/mol. The number of benzene rings is 1. The van der Waals surface area contributed by atoms with E-state index >= 15 is 0 Å². The molecule has 0 atom stereocenters. The number of likely N-dealkylation sites (tertiary alicyclic amines) is 1. The summed E-state index contributed by atoms with van der Waals surface area (Å²) >= 11 is 0. The molecule has 94 valence electrons. The van der Waals surface area contributed by atoms with Gasteiger partial charge in [0.15, 0.2) is 5.82 Å². The molecular weight excluding hydrogens is 226 g/mol. The van der Waals surface area contributed by atoms with Gasteiger partial charge in [-0.3, -0.25) is 4.79 Å². The molecule has 1 aromatic carbocycles. The average Bonchev–Trinajstić information content (AvgIpc) is 2.40. The molecule has 2 heterocycles. The molecule has 1 fully saturated rings. The summed E-state index contributed by atoms with van der Waals surface area (Å²) in [5.41, 5.74) is 0.777. The van der Waals surface area contributed by atoms with E-state index in [-0.39, 0.29) is 5.56 Å². The zero-order valence-electron chi connectivity index (χ0n) is 10.4. The summed E-state index contributed by atoms with van der Waals surface area (Å²) in [6.07, 6.45) is 3.91. The number of H-pyrrole nitrogens is 1. The van der Waals surface area contributed by atoms with Gasteiger partial charge >= 0.3 is 0 Å². The van der Waals surface area contributed by atoms with E-state index in [1.165, 1.54) is 37.3 Å². The first kappa shape index (κ1) is 11.4. The molecule has 0 aliphatic carbocycles. The monoisotopic (exact) mass is 244 g/mol. The molecule has 0 saturated carbocycles. The van der Waals surface area contributed by atoms with Crippen LogP contribution < -0.4 is 10.5 Å². The van der Waals surface area contributed by atoms with Gasteiger partial charge in [-0.05, 0) is 31.4 Å². The quantitative estimate of drug-likeness (QED) is 0.808. The van der Waals surface area contributed by atoms with Crippen molar-refractivity contribution in [3.8, 4) is 0 Å². The predicted octanol–water partition coefficient (Wildman–Crippen LogP) is 0.492. The van der Waals surface area contributed by atoms with Crippen LogP contribution in [0, 0.1) is 0 Å². The molecular formula is C14H18N3O+. The second kappa shape index (κ2) is 4.90. The van der Waals surface area contributed by atoms with Gasteiger partial charge in [-0.1, -0.05) is 12.1 Å². The molecule has 1 aliphatic heterocycles. The highest BCUT2D eigenvalue weighted by molar-refractivity contribution is 5.77. The lowest BCUT2D eigenvalue weighted by Gasteiger charge is -2.22. The first-order valence-corrected chi connectivity index (χ1v) is 6.64. The van der Waals surface area contributed by atoms with E-state index in [9.17, 15) is 4.79 Å². The van der Waals surface area contributed by atoms with E-state index in [0.29, 0.717) is 5.39 Å². The summed E-state index contributed by atoms with van der Waals surface area (Å²) in [4.78, 5) is 20.9. The molecule has 0 amide bonds. The Hall–Kier alpha value is -1.68. The molecule has 2 aromatic rings. The fourth-order valence-corrected chi connectivity index (χ4v) is 2.68. The van der Waals surface area contributed by atoms with Gasteiger partial charge in [0.2, 0.25) is 0 Å². The number of nitrogens with zero attached hydrogens (tertiary/aromatic N) is 1. The highest BCUT2D eigenvalue weighted by Gasteiger charge is 2.15. The van der Waals surface area contributed by atoms with Crippen LogP contribution in [0.15, 0.2) is 29.1 Å². The lowest BCUT2D eigenvalue weighted by Crippen LogP contribution is -3.11. The molecule has 4 nitrogen and oxygen atoms in total. The fraction of sp³-hybridized carbons (Fsp3) is 0.429. The van der Waals surface area contributed by atoms with Crippen molar-refractivity contribution in [2.75, 3.05) is 13.1 Å². The van der Waals surface area contributed by atoms with Crippen LogP contribution in [0.4, 0.5) is 0 Å². The molecule has 0 spiro atoms. The first-order chi connectivity index (χ1) is 8.83. The van der Waals surface area contributed by atoms with E-state index in [1.54, 1.807) is 0 Å². The molecule has 18 heavy (non-hydrogen) atoms. The third-order valence-corrected chi connectivity index (χ3v) is 3.64. The Bertz CT molecular complexity index is 599. The van der Waals surface area contributed by atoms with Crippen molar-refractivity contribution in [3.05, 3.63) is 40.4 Å². The summed E-state index contributed by atoms with van der Waals surface area (Å²) in [6.45, 7) is 3.22. The number of para-hydroxylation sites is 1. The Kier molecular flexibility index (Phi) is 3.11. The Labute approximate surface area is 106 Å². The van der Waals surface area contributed by atoms with Gasteiger partial charge in [0.05, 0.1) is 24.0 Å². The molecule has 1 saturated heterocycles. The van der Waals surface area contributed by atoms with E-state index < -0.39 is 0 Å². The molecule has 3 rings (SSSR count). The predicted molar refractivity (Wildman–Crippen MR) is 70.6 cm³/mol. The van der Waals surface area contributed by atoms with Crippen molar-refractivity contribution in [2.45, 2.75) is 25.8 Å². The normalized spacial score (nSPS) is 17.1. The van der Waals surface area contributed by atoms with Gasteiger partial charge in [-0.25, -0.2) is 4.98 Å². The maximum Gasteiger partial charge on any atom is 0.258 e. The number of aromatic nitrogens is 2. The molecule has 1 aromatic heterocycles. The van der Waals surface area contributed by atoms with Gasteiger partial charge < -0.3 is 9.88 Å². The van der Waals surface area contributed by atoms with E-state index in [4.69, 9.17) is 0 Å². The first-order valence-electron chi connectivity index (χ1n) is 6.64. The minimum Gasteiger partial charge on any atom is -0.329 e. The number of hydrogen-bond acceptors (Lipinski definition) is 2. The third kappa shape index (κ3) is 2.29. The standard InChI is InChI=1S/C14H17N3O/c18-14-11-6-2-3-7-12(11)15-13(16-14)10-17-8-4-1-5-9-17/h2-3,6-7H,1,4-5,8-10H2,(H,15,16,18)/p+1. The third-order valence-electron chi connectivity index (χ3n) is 3.64. The Morgan fingerprint density at radius 2 is 1.94 bits per heavy atom. The Balaban J connectivity index is 1.90. The number of rotatable bonds is 2. The van der Waals surface area contributed by atoms with Crippen LogP contribution in [-0.4, -0.2) is 23.1 Å². The summed E-state index contributed by atoms with van der Waals surface area (Å²) in [6, 6.07) is 7.51. The summed E-state index contributed by atoms with van der Waals surface area (Å²) in [5, 5.41) is 0.676. The van der Waals surface area contributed by atoms with Crippen LogP contribution in [0.2, 0.25) is 0 Å². The zero-order chi connectivity index (χ0) is 12.4. The van der Waals surface area contributed by atoms with Crippen LogP contribution in [0.5, 0.6) is 0 Å². The maximum atomic E-state index is 11.9. The van der Waals surface area contributed by atoms with Gasteiger partial charge in [-0.15, -0.1) is 0 Å². The van der Waals surface area contributed by atoms with Crippen LogP contribution >= 0.6 is 0 Å². The van der Waals surface area contributed by atoms with Crippen LogP contribution in [-0.2, 0) is 6.54 Å². The number of hydrogen-bond donors (Lipinski definition) is 2. The number of aromatic amines is 1. The van der Waals surface area contributed by atoms with Crippen molar-refractivity contribution in [2.24, 2.45) is 0 Å². The van der Waals surface area contributed by atoms with Crippen molar-refractivity contribution < 1.29 is 4.90 Å². The van der Waals surface area contributed by atoms with Crippen molar-refractivity contribution in [1.29, 1.82) is 0 Å². The van der Waals surface area contributed by atoms with Gasteiger partial charge in [0, 0.05) is 0 Å². The minimum atomic E-state index is -0.0213. The van der Waals surface area contributed by atoms with Crippen LogP contribution in [0.3, 0.4) is 0 Å². The van der Waals surface area contributed by atoms with E-state index in [2.05, 4.69) is 9.97 Å². The molecule has 0 bridgehead atoms. The van der Waals surface area contributed by atoms with Crippen LogP contribution in [0.1, 0.15) is 25.1 Å². The Morgan fingerprint density at radius 1 is 1.17 bits per heavy atom. The lowest BCUT2D eigenvalue weighted by atomic mass is 10.1. The topological polar surface area (TPSA) is 50.2 Å². The second-order valence-corrected chi connectivity index (χ2v) is 5.02. The number of nitrogens with one attached hydrogen (secondary N) is 2. The summed E-state index contributed by atoms with van der Waals surface area (Å²) in [7, 11) is 0.